The third-order valence-corrected chi connectivity index (χ3v) is 6.25. The van der Waals surface area contributed by atoms with Crippen LogP contribution in [-0.4, -0.2) is 15.9 Å². The number of carbonyl (C=O) groups is 1. The molecule has 2 atom stereocenters. The molecule has 4 nitrogen and oxygen atoms in total. The van der Waals surface area contributed by atoms with Crippen molar-refractivity contribution in [2.75, 3.05) is 5.32 Å². The first-order valence-corrected chi connectivity index (χ1v) is 9.55. The molecule has 2 heterocycles. The highest BCUT2D eigenvalue weighted by molar-refractivity contribution is 9.10. The fourth-order valence-corrected chi connectivity index (χ4v) is 3.90. The Bertz CT molecular complexity index is 1030. The fourth-order valence-electron chi connectivity index (χ4n) is 3.36. The summed E-state index contributed by atoms with van der Waals surface area (Å²) in [5.41, 5.74) is 4.49. The van der Waals surface area contributed by atoms with Crippen molar-refractivity contribution in [3.05, 3.63) is 52.4 Å². The number of amides is 1. The molecule has 0 radical (unpaired) electrons. The molecule has 1 aliphatic rings. The number of aryl methyl sites for hydroxylation is 2. The second-order valence-corrected chi connectivity index (χ2v) is 7.95. The average Bonchev–Trinajstić information content (AvgIpc) is 3.36. The van der Waals surface area contributed by atoms with Gasteiger partial charge in [-0.3, -0.25) is 9.78 Å². The van der Waals surface area contributed by atoms with Crippen LogP contribution >= 0.6 is 15.9 Å². The number of rotatable bonds is 3. The van der Waals surface area contributed by atoms with E-state index in [2.05, 4.69) is 58.1 Å². The van der Waals surface area contributed by atoms with Crippen molar-refractivity contribution in [3.63, 3.8) is 0 Å². The number of pyridine rings is 2. The highest BCUT2D eigenvalue weighted by Gasteiger charge is 2.39. The smallest absolute Gasteiger partial charge is 0.228 e. The third kappa shape index (κ3) is 3.01. The van der Waals surface area contributed by atoms with Crippen molar-refractivity contribution in [1.29, 1.82) is 0 Å². The number of nitrogens with one attached hydrogen (secondary N) is 1. The summed E-state index contributed by atoms with van der Waals surface area (Å²) in [6.45, 7) is 6.26. The number of hydrogen-bond acceptors (Lipinski definition) is 3. The molecule has 0 spiro atoms. The molecule has 5 heteroatoms. The SMILES string of the molecule is Cc1ccncc1-c1cc2cc(NC(=O)[C@@H]3C[C@H]3C)ncc2c(C)c1Br. The Morgan fingerprint density at radius 2 is 2.00 bits per heavy atom. The molecule has 1 amide bonds. The normalized spacial score (nSPS) is 18.8. The lowest BCUT2D eigenvalue weighted by molar-refractivity contribution is -0.117. The van der Waals surface area contributed by atoms with Gasteiger partial charge in [0.05, 0.1) is 0 Å². The van der Waals surface area contributed by atoms with Crippen molar-refractivity contribution >= 4 is 38.4 Å². The van der Waals surface area contributed by atoms with E-state index in [-0.39, 0.29) is 11.8 Å². The summed E-state index contributed by atoms with van der Waals surface area (Å²) in [7, 11) is 0. The van der Waals surface area contributed by atoms with E-state index >= 15 is 0 Å². The Hall–Kier alpha value is -2.27. The Kier molecular flexibility index (Phi) is 4.27. The first-order valence-electron chi connectivity index (χ1n) is 8.76. The molecule has 0 saturated heterocycles. The predicted molar refractivity (Wildman–Crippen MR) is 108 cm³/mol. The highest BCUT2D eigenvalue weighted by atomic mass is 79.9. The van der Waals surface area contributed by atoms with Gasteiger partial charge in [-0.25, -0.2) is 4.98 Å². The van der Waals surface area contributed by atoms with Crippen LogP contribution in [0.25, 0.3) is 21.9 Å². The van der Waals surface area contributed by atoms with Crippen LogP contribution in [0.4, 0.5) is 5.82 Å². The zero-order valence-corrected chi connectivity index (χ0v) is 16.6. The molecule has 1 aromatic carbocycles. The van der Waals surface area contributed by atoms with Gasteiger partial charge in [-0.2, -0.15) is 0 Å². The quantitative estimate of drug-likeness (QED) is 0.640. The molecule has 1 N–H and O–H groups in total. The minimum absolute atomic E-state index is 0.0708. The molecule has 0 aliphatic heterocycles. The van der Waals surface area contributed by atoms with E-state index in [9.17, 15) is 4.79 Å². The van der Waals surface area contributed by atoms with Gasteiger partial charge >= 0.3 is 0 Å². The lowest BCUT2D eigenvalue weighted by Gasteiger charge is -2.14. The van der Waals surface area contributed by atoms with Gasteiger partial charge in [0.25, 0.3) is 0 Å². The first-order chi connectivity index (χ1) is 12.5. The highest BCUT2D eigenvalue weighted by Crippen LogP contribution is 2.39. The average molecular weight is 410 g/mol. The van der Waals surface area contributed by atoms with Crippen LogP contribution < -0.4 is 5.32 Å². The Labute approximate surface area is 161 Å². The van der Waals surface area contributed by atoms with Crippen molar-refractivity contribution in [2.45, 2.75) is 27.2 Å². The molecule has 1 fully saturated rings. The van der Waals surface area contributed by atoms with E-state index in [0.29, 0.717) is 11.7 Å². The van der Waals surface area contributed by atoms with E-state index in [1.54, 1.807) is 6.20 Å². The molecule has 3 aromatic rings. The van der Waals surface area contributed by atoms with Crippen LogP contribution in [-0.2, 0) is 4.79 Å². The van der Waals surface area contributed by atoms with E-state index in [1.807, 2.05) is 24.5 Å². The van der Waals surface area contributed by atoms with Crippen LogP contribution in [0.3, 0.4) is 0 Å². The van der Waals surface area contributed by atoms with Crippen LogP contribution in [0.1, 0.15) is 24.5 Å². The topological polar surface area (TPSA) is 54.9 Å². The molecule has 1 aliphatic carbocycles. The number of hydrogen-bond donors (Lipinski definition) is 1. The van der Waals surface area contributed by atoms with Crippen LogP contribution in [0.15, 0.2) is 41.3 Å². The molecule has 132 valence electrons. The van der Waals surface area contributed by atoms with E-state index in [4.69, 9.17) is 0 Å². The Morgan fingerprint density at radius 1 is 1.23 bits per heavy atom. The zero-order valence-electron chi connectivity index (χ0n) is 15.0. The summed E-state index contributed by atoms with van der Waals surface area (Å²) in [5, 5.41) is 5.08. The maximum Gasteiger partial charge on any atom is 0.228 e. The number of carbonyl (C=O) groups excluding carboxylic acids is 1. The van der Waals surface area contributed by atoms with E-state index in [0.717, 1.165) is 38.4 Å². The molecule has 26 heavy (non-hydrogen) atoms. The molecular formula is C21H20BrN3O. The predicted octanol–water partition coefficient (Wildman–Crippen LogP) is 5.27. The molecule has 4 rings (SSSR count). The second-order valence-electron chi connectivity index (χ2n) is 7.15. The van der Waals surface area contributed by atoms with Gasteiger partial charge < -0.3 is 5.32 Å². The number of benzene rings is 1. The van der Waals surface area contributed by atoms with Gasteiger partial charge in [0.1, 0.15) is 5.82 Å². The second kappa shape index (κ2) is 6.47. The molecule has 0 unspecified atom stereocenters. The van der Waals surface area contributed by atoms with Gasteiger partial charge in [0, 0.05) is 39.9 Å². The summed E-state index contributed by atoms with van der Waals surface area (Å²) in [6, 6.07) is 6.10. The van der Waals surface area contributed by atoms with Gasteiger partial charge in [-0.1, -0.05) is 6.92 Å². The standard InChI is InChI=1S/C21H20BrN3O/c1-11-4-5-23-9-17(11)16-7-14-8-19(25-21(26)15-6-12(15)2)24-10-18(14)13(3)20(16)22/h4-5,7-10,12,15H,6H2,1-3H3,(H,24,25,26)/t12-,15-/m1/s1. The largest absolute Gasteiger partial charge is 0.310 e. The fraction of sp³-hybridized carbons (Fsp3) is 0.286. The minimum atomic E-state index is 0.0708. The lowest BCUT2D eigenvalue weighted by Crippen LogP contribution is -2.15. The maximum atomic E-state index is 12.2. The summed E-state index contributed by atoms with van der Waals surface area (Å²) in [4.78, 5) is 20.9. The van der Waals surface area contributed by atoms with Crippen LogP contribution in [0.2, 0.25) is 0 Å². The van der Waals surface area contributed by atoms with Gasteiger partial charge in [0.2, 0.25) is 5.91 Å². The maximum absolute atomic E-state index is 12.2. The number of nitrogens with zero attached hydrogens (tertiary/aromatic N) is 2. The summed E-state index contributed by atoms with van der Waals surface area (Å²) < 4.78 is 1.05. The number of anilines is 1. The van der Waals surface area contributed by atoms with Gasteiger partial charge in [-0.05, 0) is 82.4 Å². The lowest BCUT2D eigenvalue weighted by atomic mass is 9.97. The summed E-state index contributed by atoms with van der Waals surface area (Å²) >= 11 is 3.74. The van der Waals surface area contributed by atoms with Gasteiger partial charge in [0.15, 0.2) is 0 Å². The number of fused-ring (bicyclic) bond motifs is 1. The summed E-state index contributed by atoms with van der Waals surface area (Å²) in [6.07, 6.45) is 6.49. The minimum Gasteiger partial charge on any atom is -0.310 e. The van der Waals surface area contributed by atoms with Gasteiger partial charge in [-0.15, -0.1) is 0 Å². The van der Waals surface area contributed by atoms with Crippen molar-refractivity contribution < 1.29 is 4.79 Å². The summed E-state index contributed by atoms with van der Waals surface area (Å²) in [5.74, 6) is 1.29. The monoisotopic (exact) mass is 409 g/mol. The van der Waals surface area contributed by atoms with E-state index in [1.165, 1.54) is 5.56 Å². The van der Waals surface area contributed by atoms with Crippen LogP contribution in [0, 0.1) is 25.7 Å². The molecular weight excluding hydrogens is 390 g/mol. The Morgan fingerprint density at radius 3 is 2.69 bits per heavy atom. The Balaban J connectivity index is 1.78. The third-order valence-electron chi connectivity index (χ3n) is 5.23. The molecule has 0 bridgehead atoms. The van der Waals surface area contributed by atoms with Crippen molar-refractivity contribution in [3.8, 4) is 11.1 Å². The van der Waals surface area contributed by atoms with Crippen molar-refractivity contribution in [1.82, 2.24) is 9.97 Å². The van der Waals surface area contributed by atoms with Crippen molar-refractivity contribution in [2.24, 2.45) is 11.8 Å². The molecule has 2 aromatic heterocycles. The first kappa shape index (κ1) is 17.2. The zero-order chi connectivity index (χ0) is 18.4. The molecule has 1 saturated carbocycles. The number of halogens is 1. The van der Waals surface area contributed by atoms with E-state index < -0.39 is 0 Å². The number of aromatic nitrogens is 2. The van der Waals surface area contributed by atoms with Crippen LogP contribution in [0.5, 0.6) is 0 Å².